The lowest BCUT2D eigenvalue weighted by molar-refractivity contribution is 0.0953. The van der Waals surface area contributed by atoms with Crippen LogP contribution in [0.3, 0.4) is 0 Å². The van der Waals surface area contributed by atoms with E-state index in [-0.39, 0.29) is 11.7 Å². The number of methoxy groups -OCH3 is 2. The largest absolute Gasteiger partial charge is 0.495 e. The summed E-state index contributed by atoms with van der Waals surface area (Å²) in [6.45, 7) is 0.334. The van der Waals surface area contributed by atoms with E-state index in [9.17, 15) is 9.18 Å². The lowest BCUT2D eigenvalue weighted by Gasteiger charge is -2.12. The fourth-order valence-corrected chi connectivity index (χ4v) is 2.67. The lowest BCUT2D eigenvalue weighted by Crippen LogP contribution is -2.26. The fourth-order valence-electron chi connectivity index (χ4n) is 2.11. The Balaban J connectivity index is 2.05. The molecule has 0 aliphatic rings. The molecule has 1 amide bonds. The Hall–Kier alpha value is -2.08. The van der Waals surface area contributed by atoms with Gasteiger partial charge in [-0.3, -0.25) is 4.79 Å². The second-order valence-electron chi connectivity index (χ2n) is 4.79. The van der Waals surface area contributed by atoms with Gasteiger partial charge in [-0.05, 0) is 46.1 Å². The van der Waals surface area contributed by atoms with Gasteiger partial charge in [0.25, 0.3) is 5.91 Å². The Labute approximate surface area is 142 Å². The van der Waals surface area contributed by atoms with Crippen LogP contribution in [0.4, 0.5) is 4.39 Å². The standard InChI is InChI=1S/C17H17BrFNO3/c1-22-14-9-12(10-15(23-2)16(14)18)17(21)20-8-7-11-5-3-4-6-13(11)19/h3-6,9-10H,7-8H2,1-2H3,(H,20,21). The Morgan fingerprint density at radius 3 is 2.35 bits per heavy atom. The molecule has 0 unspecified atom stereocenters. The Kier molecular flexibility index (Phi) is 5.98. The van der Waals surface area contributed by atoms with Gasteiger partial charge in [-0.1, -0.05) is 18.2 Å². The molecule has 2 aromatic carbocycles. The molecule has 2 rings (SSSR count). The van der Waals surface area contributed by atoms with E-state index in [0.717, 1.165) is 0 Å². The molecular weight excluding hydrogens is 365 g/mol. The van der Waals surface area contributed by atoms with E-state index >= 15 is 0 Å². The van der Waals surface area contributed by atoms with Crippen molar-refractivity contribution in [2.24, 2.45) is 0 Å². The normalized spacial score (nSPS) is 10.3. The van der Waals surface area contributed by atoms with Crippen molar-refractivity contribution in [1.29, 1.82) is 0 Å². The second-order valence-corrected chi connectivity index (χ2v) is 5.59. The predicted molar refractivity (Wildman–Crippen MR) is 89.7 cm³/mol. The summed E-state index contributed by atoms with van der Waals surface area (Å²) in [5.74, 6) is 0.464. The van der Waals surface area contributed by atoms with E-state index in [1.807, 2.05) is 0 Å². The highest BCUT2D eigenvalue weighted by Crippen LogP contribution is 2.35. The van der Waals surface area contributed by atoms with Gasteiger partial charge >= 0.3 is 0 Å². The average molecular weight is 382 g/mol. The van der Waals surface area contributed by atoms with E-state index < -0.39 is 0 Å². The van der Waals surface area contributed by atoms with Gasteiger partial charge in [0.15, 0.2) is 0 Å². The molecule has 2 aromatic rings. The number of hydrogen-bond acceptors (Lipinski definition) is 3. The summed E-state index contributed by atoms with van der Waals surface area (Å²) in [7, 11) is 3.03. The van der Waals surface area contributed by atoms with Crippen LogP contribution in [0.1, 0.15) is 15.9 Å². The molecule has 23 heavy (non-hydrogen) atoms. The molecule has 0 saturated heterocycles. The first-order valence-corrected chi connectivity index (χ1v) is 7.79. The molecule has 6 heteroatoms. The molecule has 0 atom stereocenters. The highest BCUT2D eigenvalue weighted by atomic mass is 79.9. The number of halogens is 2. The van der Waals surface area contributed by atoms with Gasteiger partial charge in [-0.15, -0.1) is 0 Å². The quantitative estimate of drug-likeness (QED) is 0.831. The molecule has 0 spiro atoms. The van der Waals surface area contributed by atoms with Crippen LogP contribution in [0.5, 0.6) is 11.5 Å². The molecule has 0 fully saturated rings. The Bertz CT molecular complexity index is 681. The summed E-state index contributed by atoms with van der Waals surface area (Å²) >= 11 is 3.35. The minimum Gasteiger partial charge on any atom is -0.495 e. The van der Waals surface area contributed by atoms with E-state index in [2.05, 4.69) is 21.2 Å². The molecular formula is C17H17BrFNO3. The third-order valence-electron chi connectivity index (χ3n) is 3.35. The van der Waals surface area contributed by atoms with Gasteiger partial charge in [0.2, 0.25) is 0 Å². The second kappa shape index (κ2) is 7.97. The maximum atomic E-state index is 13.5. The van der Waals surface area contributed by atoms with Gasteiger partial charge in [0.1, 0.15) is 21.8 Å². The maximum Gasteiger partial charge on any atom is 0.251 e. The van der Waals surface area contributed by atoms with Crippen LogP contribution in [0.25, 0.3) is 0 Å². The fraction of sp³-hybridized carbons (Fsp3) is 0.235. The van der Waals surface area contributed by atoms with E-state index in [4.69, 9.17) is 9.47 Å². The van der Waals surface area contributed by atoms with Crippen molar-refractivity contribution >= 4 is 21.8 Å². The average Bonchev–Trinajstić information content (AvgIpc) is 2.56. The Morgan fingerprint density at radius 1 is 1.17 bits per heavy atom. The van der Waals surface area contributed by atoms with Crippen LogP contribution in [0.15, 0.2) is 40.9 Å². The first-order valence-electron chi connectivity index (χ1n) is 7.00. The predicted octanol–water partition coefficient (Wildman–Crippen LogP) is 3.58. The highest BCUT2D eigenvalue weighted by molar-refractivity contribution is 9.10. The van der Waals surface area contributed by atoms with Crippen LogP contribution in [0.2, 0.25) is 0 Å². The number of amides is 1. The topological polar surface area (TPSA) is 47.6 Å². The summed E-state index contributed by atoms with van der Waals surface area (Å²) in [5.41, 5.74) is 0.981. The maximum absolute atomic E-state index is 13.5. The zero-order chi connectivity index (χ0) is 16.8. The number of ether oxygens (including phenoxy) is 2. The van der Waals surface area contributed by atoms with Gasteiger partial charge < -0.3 is 14.8 Å². The van der Waals surface area contributed by atoms with Gasteiger partial charge in [-0.2, -0.15) is 0 Å². The number of nitrogens with one attached hydrogen (secondary N) is 1. The summed E-state index contributed by atoms with van der Waals surface area (Å²) in [5, 5.41) is 2.76. The van der Waals surface area contributed by atoms with Crippen molar-refractivity contribution in [2.45, 2.75) is 6.42 Å². The molecule has 0 aliphatic heterocycles. The smallest absolute Gasteiger partial charge is 0.251 e. The minimum absolute atomic E-state index is 0.270. The van der Waals surface area contributed by atoms with E-state index in [1.54, 1.807) is 30.3 Å². The first kappa shape index (κ1) is 17.3. The first-order chi connectivity index (χ1) is 11.1. The molecule has 0 aliphatic carbocycles. The van der Waals surface area contributed by atoms with Crippen LogP contribution in [-0.2, 0) is 6.42 Å². The van der Waals surface area contributed by atoms with Crippen LogP contribution in [-0.4, -0.2) is 26.7 Å². The number of carbonyl (C=O) groups excluding carboxylic acids is 1. The summed E-state index contributed by atoms with van der Waals surface area (Å²) in [4.78, 5) is 12.2. The highest BCUT2D eigenvalue weighted by Gasteiger charge is 2.14. The van der Waals surface area contributed by atoms with Crippen molar-refractivity contribution in [1.82, 2.24) is 5.32 Å². The van der Waals surface area contributed by atoms with Gasteiger partial charge in [0.05, 0.1) is 14.2 Å². The molecule has 0 aromatic heterocycles. The third-order valence-corrected chi connectivity index (χ3v) is 4.13. The van der Waals surface area contributed by atoms with Crippen LogP contribution >= 0.6 is 15.9 Å². The van der Waals surface area contributed by atoms with Crippen molar-refractivity contribution in [3.8, 4) is 11.5 Å². The van der Waals surface area contributed by atoms with Gasteiger partial charge in [0, 0.05) is 12.1 Å². The summed E-state index contributed by atoms with van der Waals surface area (Å²) in [6.07, 6.45) is 0.420. The SMILES string of the molecule is COc1cc(C(=O)NCCc2ccccc2F)cc(OC)c1Br. The summed E-state index contributed by atoms with van der Waals surface area (Å²) < 4.78 is 24.6. The monoisotopic (exact) mass is 381 g/mol. The van der Waals surface area contributed by atoms with Crippen LogP contribution in [0, 0.1) is 5.82 Å². The minimum atomic E-state index is -0.273. The van der Waals surface area contributed by atoms with Crippen molar-refractivity contribution in [3.05, 3.63) is 57.8 Å². The summed E-state index contributed by atoms with van der Waals surface area (Å²) in [6, 6.07) is 9.74. The van der Waals surface area contributed by atoms with Crippen molar-refractivity contribution < 1.29 is 18.7 Å². The number of benzene rings is 2. The molecule has 0 heterocycles. The zero-order valence-corrected chi connectivity index (χ0v) is 14.4. The lowest BCUT2D eigenvalue weighted by atomic mass is 10.1. The molecule has 122 valence electrons. The molecule has 4 nitrogen and oxygen atoms in total. The van der Waals surface area contributed by atoms with E-state index in [1.165, 1.54) is 20.3 Å². The number of rotatable bonds is 6. The molecule has 0 saturated carbocycles. The van der Waals surface area contributed by atoms with E-state index in [0.29, 0.717) is 40.1 Å². The molecule has 0 bridgehead atoms. The van der Waals surface area contributed by atoms with Crippen molar-refractivity contribution in [3.63, 3.8) is 0 Å². The zero-order valence-electron chi connectivity index (χ0n) is 12.9. The molecule has 0 radical (unpaired) electrons. The molecule has 1 N–H and O–H groups in total. The van der Waals surface area contributed by atoms with Gasteiger partial charge in [-0.25, -0.2) is 4.39 Å². The van der Waals surface area contributed by atoms with Crippen molar-refractivity contribution in [2.75, 3.05) is 20.8 Å². The third kappa shape index (κ3) is 4.22. The number of hydrogen-bond donors (Lipinski definition) is 1. The number of carbonyl (C=O) groups is 1. The van der Waals surface area contributed by atoms with Crippen LogP contribution < -0.4 is 14.8 Å². The Morgan fingerprint density at radius 2 is 1.78 bits per heavy atom.